The van der Waals surface area contributed by atoms with E-state index in [-0.39, 0.29) is 11.1 Å². The second kappa shape index (κ2) is 8.13. The minimum Gasteiger partial charge on any atom is -0.360 e. The zero-order valence-corrected chi connectivity index (χ0v) is 14.3. The molecule has 0 aliphatic heterocycles. The molecule has 0 atom stereocenters. The van der Waals surface area contributed by atoms with E-state index in [1.54, 1.807) is 20.0 Å². The van der Waals surface area contributed by atoms with E-state index in [4.69, 9.17) is 0 Å². The largest absolute Gasteiger partial charge is 0.360 e. The first-order chi connectivity index (χ1) is 11.6. The van der Waals surface area contributed by atoms with Crippen molar-refractivity contribution in [3.8, 4) is 6.07 Å². The van der Waals surface area contributed by atoms with Gasteiger partial charge in [0.2, 0.25) is 0 Å². The van der Waals surface area contributed by atoms with E-state index in [0.717, 1.165) is 17.0 Å². The number of thiazole rings is 1. The zero-order chi connectivity index (χ0) is 17.5. The highest BCUT2D eigenvalue weighted by Gasteiger charge is 2.14. The number of rotatable bonds is 5. The molecule has 0 aliphatic carbocycles. The van der Waals surface area contributed by atoms with Gasteiger partial charge in [-0.25, -0.2) is 0 Å². The second-order valence-electron chi connectivity index (χ2n) is 4.82. The van der Waals surface area contributed by atoms with Gasteiger partial charge in [0.25, 0.3) is 11.5 Å². The van der Waals surface area contributed by atoms with Gasteiger partial charge in [-0.2, -0.15) is 5.26 Å². The summed E-state index contributed by atoms with van der Waals surface area (Å²) in [5, 5.41) is 15.0. The van der Waals surface area contributed by atoms with Gasteiger partial charge in [-0.1, -0.05) is 18.2 Å². The second-order valence-corrected chi connectivity index (χ2v) is 5.85. The number of hydrogen-bond acceptors (Lipinski definition) is 5. The Bertz CT molecular complexity index is 936. The number of carbonyl (C=O) groups is 1. The molecule has 1 heterocycles. The minimum absolute atomic E-state index is 0.0415. The van der Waals surface area contributed by atoms with Gasteiger partial charge in [-0.15, -0.1) is 11.3 Å². The number of aromatic nitrogens is 1. The zero-order valence-electron chi connectivity index (χ0n) is 13.5. The molecule has 2 aromatic rings. The smallest absolute Gasteiger partial charge is 0.270 e. The Balaban J connectivity index is 2.58. The average molecular weight is 342 g/mol. The van der Waals surface area contributed by atoms with Crippen molar-refractivity contribution in [1.29, 1.82) is 5.26 Å². The number of benzene rings is 1. The first-order valence-electron chi connectivity index (χ1n) is 7.56. The number of nitriles is 1. The summed E-state index contributed by atoms with van der Waals surface area (Å²) in [5.74, 6) is -0.467. The monoisotopic (exact) mass is 342 g/mol. The van der Waals surface area contributed by atoms with Crippen LogP contribution in [0.2, 0.25) is 0 Å². The van der Waals surface area contributed by atoms with Crippen LogP contribution in [0.4, 0.5) is 5.69 Å². The third-order valence-electron chi connectivity index (χ3n) is 3.26. The maximum atomic E-state index is 12.5. The molecule has 124 valence electrons. The molecule has 0 bridgehead atoms. The van der Waals surface area contributed by atoms with E-state index in [0.29, 0.717) is 22.3 Å². The van der Waals surface area contributed by atoms with Crippen LogP contribution in [0, 0.1) is 11.3 Å². The Morgan fingerprint density at radius 3 is 2.62 bits per heavy atom. The number of para-hydroxylation sites is 1. The van der Waals surface area contributed by atoms with Crippen molar-refractivity contribution < 1.29 is 4.79 Å². The third-order valence-corrected chi connectivity index (χ3v) is 4.39. The van der Waals surface area contributed by atoms with E-state index in [2.05, 4.69) is 10.6 Å². The van der Waals surface area contributed by atoms with Gasteiger partial charge in [0.1, 0.15) is 15.3 Å². The summed E-state index contributed by atoms with van der Waals surface area (Å²) >= 11 is 1.13. The van der Waals surface area contributed by atoms with Crippen molar-refractivity contribution in [1.82, 2.24) is 9.88 Å². The molecule has 0 aliphatic rings. The normalized spacial score (nSPS) is 12.5. The lowest BCUT2D eigenvalue weighted by Gasteiger charge is -2.00. The van der Waals surface area contributed by atoms with Crippen LogP contribution in [0.1, 0.15) is 13.8 Å². The molecule has 1 amide bonds. The highest BCUT2D eigenvalue weighted by molar-refractivity contribution is 7.07. The number of hydrogen-bond donors (Lipinski definition) is 2. The van der Waals surface area contributed by atoms with Gasteiger partial charge in [0.05, 0.1) is 0 Å². The van der Waals surface area contributed by atoms with Crippen LogP contribution >= 0.6 is 11.3 Å². The summed E-state index contributed by atoms with van der Waals surface area (Å²) < 4.78 is 2.25. The number of nitrogens with zero attached hydrogens (tertiary/aromatic N) is 2. The van der Waals surface area contributed by atoms with Crippen molar-refractivity contribution in [2.24, 2.45) is 0 Å². The molecule has 24 heavy (non-hydrogen) atoms. The molecule has 2 rings (SSSR count). The molecule has 7 heteroatoms. The van der Waals surface area contributed by atoms with Gasteiger partial charge >= 0.3 is 0 Å². The third kappa shape index (κ3) is 3.73. The quantitative estimate of drug-likeness (QED) is 0.833. The molecule has 0 saturated heterocycles. The Hall–Kier alpha value is -2.85. The summed E-state index contributed by atoms with van der Waals surface area (Å²) in [4.78, 5) is 24.5. The van der Waals surface area contributed by atoms with Crippen molar-refractivity contribution >= 4 is 34.7 Å². The van der Waals surface area contributed by atoms with Crippen molar-refractivity contribution in [3.05, 3.63) is 49.9 Å². The van der Waals surface area contributed by atoms with E-state index in [1.165, 1.54) is 4.57 Å². The predicted molar refractivity (Wildman–Crippen MR) is 95.7 cm³/mol. The van der Waals surface area contributed by atoms with Crippen LogP contribution in [-0.4, -0.2) is 17.0 Å². The summed E-state index contributed by atoms with van der Waals surface area (Å²) in [6.45, 7) is 4.38. The first kappa shape index (κ1) is 17.5. The van der Waals surface area contributed by atoms with Crippen molar-refractivity contribution in [3.63, 3.8) is 0 Å². The lowest BCUT2D eigenvalue weighted by atomic mass is 10.3. The fourth-order valence-electron chi connectivity index (χ4n) is 2.12. The number of carbonyl (C=O) groups excluding carboxylic acids is 1. The van der Waals surface area contributed by atoms with Gasteiger partial charge in [-0.3, -0.25) is 14.2 Å². The van der Waals surface area contributed by atoms with Gasteiger partial charge in [0, 0.05) is 25.0 Å². The number of anilines is 1. The van der Waals surface area contributed by atoms with Crippen LogP contribution in [0.25, 0.3) is 11.8 Å². The van der Waals surface area contributed by atoms with Crippen LogP contribution in [0.3, 0.4) is 0 Å². The molecule has 0 saturated carbocycles. The fraction of sp³-hybridized carbons (Fsp3) is 0.235. The molecular formula is C17H18N4O2S. The summed E-state index contributed by atoms with van der Waals surface area (Å²) in [6.07, 6.45) is 1.60. The number of nitrogens with one attached hydrogen (secondary N) is 2. The lowest BCUT2D eigenvalue weighted by Crippen LogP contribution is -2.34. The Morgan fingerprint density at radius 2 is 2.04 bits per heavy atom. The maximum Gasteiger partial charge on any atom is 0.270 e. The van der Waals surface area contributed by atoms with Gasteiger partial charge < -0.3 is 10.6 Å². The highest BCUT2D eigenvalue weighted by atomic mass is 32.1. The van der Waals surface area contributed by atoms with Crippen LogP contribution in [0.5, 0.6) is 0 Å². The van der Waals surface area contributed by atoms with E-state index in [1.807, 2.05) is 36.4 Å². The summed E-state index contributed by atoms with van der Waals surface area (Å²) in [6, 6.07) is 11.3. The summed E-state index contributed by atoms with van der Waals surface area (Å²) in [5.41, 5.74) is 0.584. The van der Waals surface area contributed by atoms with Crippen LogP contribution in [0.15, 0.2) is 35.1 Å². The molecule has 2 N–H and O–H groups in total. The highest BCUT2D eigenvalue weighted by Crippen LogP contribution is 2.04. The molecule has 1 aromatic carbocycles. The lowest BCUT2D eigenvalue weighted by molar-refractivity contribution is -0.115. The number of amides is 1. The van der Waals surface area contributed by atoms with E-state index in [9.17, 15) is 14.9 Å². The first-order valence-corrected chi connectivity index (χ1v) is 8.38. The molecule has 6 nitrogen and oxygen atoms in total. The van der Waals surface area contributed by atoms with E-state index < -0.39 is 5.91 Å². The molecule has 0 fully saturated rings. The Kier molecular flexibility index (Phi) is 5.93. The Labute approximate surface area is 143 Å². The predicted octanol–water partition coefficient (Wildman–Crippen LogP) is 0.590. The van der Waals surface area contributed by atoms with Crippen molar-refractivity contribution in [2.45, 2.75) is 20.4 Å². The molecule has 1 aromatic heterocycles. The maximum absolute atomic E-state index is 12.5. The van der Waals surface area contributed by atoms with Crippen LogP contribution < -0.4 is 25.4 Å². The van der Waals surface area contributed by atoms with Gasteiger partial charge in [0.15, 0.2) is 5.57 Å². The minimum atomic E-state index is -0.467. The molecule has 0 unspecified atom stereocenters. The Morgan fingerprint density at radius 1 is 1.33 bits per heavy atom. The average Bonchev–Trinajstić information content (AvgIpc) is 2.90. The van der Waals surface area contributed by atoms with Gasteiger partial charge in [-0.05, 0) is 26.0 Å². The molecule has 0 spiro atoms. The molecule has 0 radical (unpaired) electrons. The van der Waals surface area contributed by atoms with Crippen LogP contribution in [-0.2, 0) is 11.3 Å². The molecular weight excluding hydrogens is 324 g/mol. The summed E-state index contributed by atoms with van der Waals surface area (Å²) in [7, 11) is 0. The van der Waals surface area contributed by atoms with E-state index >= 15 is 0 Å². The topological polar surface area (TPSA) is 86.9 Å². The standard InChI is InChI=1S/C17H18N4O2S/c1-3-19-15(22)13(10-18)17-21(4-2)16(23)14(24-17)11-20-12-8-6-5-7-9-12/h5-9,11,20H,3-4H2,1-2H3,(H,19,22)/b14-11?,17-13-. The SMILES string of the molecule is CCNC(=O)/C(C#N)=c1\sc(=CNc2ccccc2)c(=O)n1CC. The fourth-order valence-corrected chi connectivity index (χ4v) is 3.21. The van der Waals surface area contributed by atoms with Crippen molar-refractivity contribution in [2.75, 3.05) is 11.9 Å².